The van der Waals surface area contributed by atoms with Gasteiger partial charge in [-0.2, -0.15) is 5.10 Å². The van der Waals surface area contributed by atoms with Gasteiger partial charge in [0.1, 0.15) is 0 Å². The highest BCUT2D eigenvalue weighted by Crippen LogP contribution is 2.21. The van der Waals surface area contributed by atoms with Crippen LogP contribution in [0.25, 0.3) is 0 Å². The molecule has 0 saturated carbocycles. The average Bonchev–Trinajstić information content (AvgIpc) is 2.90. The van der Waals surface area contributed by atoms with Gasteiger partial charge in [0.2, 0.25) is 5.91 Å². The minimum absolute atomic E-state index is 0.0765. The molecular formula is C17H19N3O. The van der Waals surface area contributed by atoms with Crippen LogP contribution in [0.4, 0.5) is 0 Å². The Hall–Kier alpha value is -2.36. The van der Waals surface area contributed by atoms with Crippen LogP contribution in [0.15, 0.2) is 47.7 Å². The number of rotatable bonds is 3. The Morgan fingerprint density at radius 2 is 2.10 bits per heavy atom. The second-order valence-corrected chi connectivity index (χ2v) is 5.39. The molecule has 1 aliphatic rings. The fraction of sp³-hybridized carbons (Fsp3) is 0.294. The van der Waals surface area contributed by atoms with Crippen LogP contribution >= 0.6 is 0 Å². The molecule has 1 N–H and O–H groups in total. The van der Waals surface area contributed by atoms with E-state index in [1.165, 1.54) is 11.1 Å². The highest BCUT2D eigenvalue weighted by molar-refractivity contribution is 6.03. The molecule has 0 fully saturated rings. The number of hydrogen-bond acceptors (Lipinski definition) is 2. The number of aromatic nitrogens is 1. The van der Waals surface area contributed by atoms with E-state index in [9.17, 15) is 4.79 Å². The first kappa shape index (κ1) is 13.6. The Kier molecular flexibility index (Phi) is 3.86. The SMILES string of the molecule is Cn1cccc1CC(=O)N/N=C1\CCCc2ccccc21. The molecule has 0 spiro atoms. The number of amides is 1. The maximum atomic E-state index is 12.0. The highest BCUT2D eigenvalue weighted by atomic mass is 16.2. The maximum Gasteiger partial charge on any atom is 0.246 e. The van der Waals surface area contributed by atoms with Gasteiger partial charge in [-0.3, -0.25) is 4.79 Å². The Balaban J connectivity index is 1.69. The normalized spacial score (nSPS) is 15.8. The zero-order valence-electron chi connectivity index (χ0n) is 12.2. The molecule has 1 aromatic carbocycles. The second kappa shape index (κ2) is 5.95. The van der Waals surface area contributed by atoms with Crippen LogP contribution in [0.5, 0.6) is 0 Å². The van der Waals surface area contributed by atoms with Crippen LogP contribution in [-0.2, 0) is 24.7 Å². The Morgan fingerprint density at radius 1 is 1.24 bits per heavy atom. The van der Waals surface area contributed by atoms with E-state index in [0.29, 0.717) is 6.42 Å². The minimum atomic E-state index is -0.0765. The number of fused-ring (bicyclic) bond motifs is 1. The summed E-state index contributed by atoms with van der Waals surface area (Å²) in [6.45, 7) is 0. The van der Waals surface area contributed by atoms with Crippen molar-refractivity contribution in [3.63, 3.8) is 0 Å². The molecule has 2 aromatic rings. The standard InChI is InChI=1S/C17H19N3O/c1-20-11-5-8-14(20)12-17(21)19-18-16-10-4-7-13-6-2-3-9-15(13)16/h2-3,5-6,8-9,11H,4,7,10,12H2,1H3,(H,19,21)/b18-16+. The summed E-state index contributed by atoms with van der Waals surface area (Å²) in [5, 5.41) is 4.34. The first-order valence-corrected chi connectivity index (χ1v) is 7.28. The van der Waals surface area contributed by atoms with E-state index in [1.807, 2.05) is 36.0 Å². The topological polar surface area (TPSA) is 46.4 Å². The van der Waals surface area contributed by atoms with Crippen molar-refractivity contribution in [2.75, 3.05) is 0 Å². The largest absolute Gasteiger partial charge is 0.354 e. The van der Waals surface area contributed by atoms with Gasteiger partial charge in [-0.1, -0.05) is 24.3 Å². The quantitative estimate of drug-likeness (QED) is 0.863. The van der Waals surface area contributed by atoms with E-state index in [2.05, 4.69) is 28.7 Å². The molecule has 1 heterocycles. The smallest absolute Gasteiger partial charge is 0.246 e. The van der Waals surface area contributed by atoms with Gasteiger partial charge in [-0.15, -0.1) is 0 Å². The molecule has 1 aromatic heterocycles. The van der Waals surface area contributed by atoms with Crippen molar-refractivity contribution in [2.24, 2.45) is 12.1 Å². The predicted octanol–water partition coefficient (Wildman–Crippen LogP) is 2.42. The van der Waals surface area contributed by atoms with Crippen molar-refractivity contribution in [3.8, 4) is 0 Å². The van der Waals surface area contributed by atoms with Crippen LogP contribution in [-0.4, -0.2) is 16.2 Å². The van der Waals surface area contributed by atoms with Crippen LogP contribution in [0.3, 0.4) is 0 Å². The van der Waals surface area contributed by atoms with Crippen molar-refractivity contribution in [1.29, 1.82) is 0 Å². The minimum Gasteiger partial charge on any atom is -0.354 e. The number of carbonyl (C=O) groups is 1. The molecule has 3 rings (SSSR count). The monoisotopic (exact) mass is 281 g/mol. The Labute approximate surface area is 124 Å². The van der Waals surface area contributed by atoms with Crippen molar-refractivity contribution in [1.82, 2.24) is 9.99 Å². The Bertz CT molecular complexity index is 685. The first-order chi connectivity index (χ1) is 10.2. The summed E-state index contributed by atoms with van der Waals surface area (Å²) >= 11 is 0. The molecule has 1 amide bonds. The van der Waals surface area contributed by atoms with E-state index in [0.717, 1.165) is 30.7 Å². The number of carbonyl (C=O) groups excluding carboxylic acids is 1. The van der Waals surface area contributed by atoms with Crippen molar-refractivity contribution < 1.29 is 4.79 Å². The number of hydrazone groups is 1. The third-order valence-electron chi connectivity index (χ3n) is 3.90. The predicted molar refractivity (Wildman–Crippen MR) is 83.2 cm³/mol. The van der Waals surface area contributed by atoms with Gasteiger partial charge in [0.15, 0.2) is 0 Å². The van der Waals surface area contributed by atoms with Gasteiger partial charge < -0.3 is 4.57 Å². The summed E-state index contributed by atoms with van der Waals surface area (Å²) < 4.78 is 1.95. The number of nitrogens with one attached hydrogen (secondary N) is 1. The molecule has 0 bridgehead atoms. The van der Waals surface area contributed by atoms with Crippen molar-refractivity contribution >= 4 is 11.6 Å². The van der Waals surface area contributed by atoms with Crippen LogP contribution in [0.1, 0.15) is 29.7 Å². The highest BCUT2D eigenvalue weighted by Gasteiger charge is 2.15. The van der Waals surface area contributed by atoms with Crippen molar-refractivity contribution in [2.45, 2.75) is 25.7 Å². The molecule has 108 valence electrons. The second-order valence-electron chi connectivity index (χ2n) is 5.39. The van der Waals surface area contributed by atoms with E-state index in [4.69, 9.17) is 0 Å². The van der Waals surface area contributed by atoms with E-state index < -0.39 is 0 Å². The first-order valence-electron chi connectivity index (χ1n) is 7.28. The van der Waals surface area contributed by atoms with E-state index in [-0.39, 0.29) is 5.91 Å². The molecule has 21 heavy (non-hydrogen) atoms. The molecular weight excluding hydrogens is 262 g/mol. The summed E-state index contributed by atoms with van der Waals surface area (Å²) in [6.07, 6.45) is 5.38. The molecule has 1 aliphatic carbocycles. The third-order valence-corrected chi connectivity index (χ3v) is 3.90. The molecule has 0 saturated heterocycles. The molecule has 0 aliphatic heterocycles. The van der Waals surface area contributed by atoms with Gasteiger partial charge in [0.05, 0.1) is 12.1 Å². The third kappa shape index (κ3) is 3.05. The molecule has 4 heteroatoms. The van der Waals surface area contributed by atoms with Gasteiger partial charge in [-0.05, 0) is 37.0 Å². The molecule has 0 unspecified atom stereocenters. The van der Waals surface area contributed by atoms with Crippen LogP contribution in [0.2, 0.25) is 0 Å². The van der Waals surface area contributed by atoms with Gasteiger partial charge in [0, 0.05) is 24.5 Å². The van der Waals surface area contributed by atoms with Gasteiger partial charge in [0.25, 0.3) is 0 Å². The molecule has 4 nitrogen and oxygen atoms in total. The summed E-state index contributed by atoms with van der Waals surface area (Å²) in [5.74, 6) is -0.0765. The van der Waals surface area contributed by atoms with Crippen molar-refractivity contribution in [3.05, 3.63) is 59.4 Å². The lowest BCUT2D eigenvalue weighted by molar-refractivity contribution is -0.120. The summed E-state index contributed by atoms with van der Waals surface area (Å²) in [7, 11) is 1.94. The van der Waals surface area contributed by atoms with E-state index in [1.54, 1.807) is 0 Å². The lowest BCUT2D eigenvalue weighted by atomic mass is 9.90. The fourth-order valence-corrected chi connectivity index (χ4v) is 2.73. The maximum absolute atomic E-state index is 12.0. The van der Waals surface area contributed by atoms with Crippen LogP contribution < -0.4 is 5.43 Å². The van der Waals surface area contributed by atoms with E-state index >= 15 is 0 Å². The zero-order chi connectivity index (χ0) is 14.7. The molecule has 0 radical (unpaired) electrons. The lowest BCUT2D eigenvalue weighted by Gasteiger charge is -2.17. The fourth-order valence-electron chi connectivity index (χ4n) is 2.73. The number of nitrogens with zero attached hydrogens (tertiary/aromatic N) is 2. The number of benzene rings is 1. The van der Waals surface area contributed by atoms with Crippen LogP contribution in [0, 0.1) is 0 Å². The van der Waals surface area contributed by atoms with Gasteiger partial charge in [-0.25, -0.2) is 5.43 Å². The molecule has 0 atom stereocenters. The van der Waals surface area contributed by atoms with Gasteiger partial charge >= 0.3 is 0 Å². The summed E-state index contributed by atoms with van der Waals surface area (Å²) in [4.78, 5) is 12.0. The lowest BCUT2D eigenvalue weighted by Crippen LogP contribution is -2.24. The summed E-state index contributed by atoms with van der Waals surface area (Å²) in [5.41, 5.74) is 7.15. The number of hydrogen-bond donors (Lipinski definition) is 1. The Morgan fingerprint density at radius 3 is 2.90 bits per heavy atom. The zero-order valence-corrected chi connectivity index (χ0v) is 12.2. The average molecular weight is 281 g/mol. The summed E-state index contributed by atoms with van der Waals surface area (Å²) in [6, 6.07) is 12.2. The number of aryl methyl sites for hydroxylation is 2.